The minimum absolute atomic E-state index is 0.0623. The van der Waals surface area contributed by atoms with Gasteiger partial charge >= 0.3 is 0 Å². The first kappa shape index (κ1) is 26.5. The summed E-state index contributed by atoms with van der Waals surface area (Å²) < 4.78 is 13.3. The van der Waals surface area contributed by atoms with Crippen molar-refractivity contribution in [2.75, 3.05) is 13.7 Å². The van der Waals surface area contributed by atoms with E-state index in [1.54, 1.807) is 31.4 Å². The number of hydrogen-bond acceptors (Lipinski definition) is 5. The number of benzene rings is 3. The minimum Gasteiger partial charge on any atom is -0.496 e. The highest BCUT2D eigenvalue weighted by molar-refractivity contribution is 9.10. The number of aromatic nitrogens is 2. The van der Waals surface area contributed by atoms with Gasteiger partial charge in [0.15, 0.2) is 5.82 Å². The zero-order valence-electron chi connectivity index (χ0n) is 20.9. The van der Waals surface area contributed by atoms with Crippen molar-refractivity contribution < 1.29 is 9.47 Å². The van der Waals surface area contributed by atoms with Gasteiger partial charge in [-0.25, -0.2) is 4.98 Å². The second-order valence-corrected chi connectivity index (χ2v) is 9.97. The van der Waals surface area contributed by atoms with Crippen LogP contribution in [0.2, 0.25) is 5.02 Å². The molecule has 0 aliphatic rings. The first-order valence-electron chi connectivity index (χ1n) is 11.6. The highest BCUT2D eigenvalue weighted by Crippen LogP contribution is 2.35. The van der Waals surface area contributed by atoms with Gasteiger partial charge in [-0.05, 0) is 76.3 Å². The molecule has 0 aliphatic heterocycles. The van der Waals surface area contributed by atoms with Crippen LogP contribution < -0.4 is 15.0 Å². The lowest BCUT2D eigenvalue weighted by atomic mass is 9.96. The monoisotopic (exact) mass is 577 g/mol. The van der Waals surface area contributed by atoms with Gasteiger partial charge in [0.05, 0.1) is 28.7 Å². The second kappa shape index (κ2) is 11.2. The predicted octanol–water partition coefficient (Wildman–Crippen LogP) is 6.81. The molecule has 0 amide bonds. The minimum atomic E-state index is -0.301. The quantitative estimate of drug-likeness (QED) is 0.178. The Morgan fingerprint density at radius 1 is 1.24 bits per heavy atom. The maximum absolute atomic E-state index is 13.7. The van der Waals surface area contributed by atoms with Gasteiger partial charge in [-0.2, -0.15) is 9.78 Å². The molecule has 188 valence electrons. The molecule has 0 bridgehead atoms. The van der Waals surface area contributed by atoms with E-state index in [2.05, 4.69) is 40.8 Å². The van der Waals surface area contributed by atoms with Gasteiger partial charge in [0.1, 0.15) is 18.1 Å². The summed E-state index contributed by atoms with van der Waals surface area (Å²) in [7, 11) is 1.65. The molecule has 37 heavy (non-hydrogen) atoms. The summed E-state index contributed by atoms with van der Waals surface area (Å²) in [5.74, 6) is 4.31. The molecule has 6 nitrogen and oxygen atoms in total. The molecule has 1 heterocycles. The van der Waals surface area contributed by atoms with Crippen LogP contribution in [0.5, 0.6) is 11.5 Å². The van der Waals surface area contributed by atoms with E-state index >= 15 is 0 Å². The largest absolute Gasteiger partial charge is 0.496 e. The Labute approximate surface area is 229 Å². The highest BCUT2D eigenvalue weighted by atomic mass is 79.9. The van der Waals surface area contributed by atoms with E-state index in [0.717, 1.165) is 22.4 Å². The van der Waals surface area contributed by atoms with E-state index in [0.29, 0.717) is 37.5 Å². The third-order valence-corrected chi connectivity index (χ3v) is 6.65. The molecule has 0 N–H and O–H groups in total. The molecule has 0 unspecified atom stereocenters. The van der Waals surface area contributed by atoms with Gasteiger partial charge in [0.25, 0.3) is 5.56 Å². The molecule has 4 rings (SSSR count). The topological polar surface area (TPSA) is 65.7 Å². The molecular weight excluding hydrogens is 554 g/mol. The van der Waals surface area contributed by atoms with Gasteiger partial charge in [0, 0.05) is 16.1 Å². The number of halogens is 2. The van der Waals surface area contributed by atoms with Gasteiger partial charge in [-0.3, -0.25) is 4.79 Å². The van der Waals surface area contributed by atoms with Crippen LogP contribution in [0.1, 0.15) is 36.5 Å². The number of methoxy groups -OCH3 is 1. The fourth-order valence-electron chi connectivity index (χ4n) is 4.03. The molecule has 0 radical (unpaired) electrons. The zero-order chi connectivity index (χ0) is 26.7. The van der Waals surface area contributed by atoms with Crippen molar-refractivity contribution in [1.29, 1.82) is 0 Å². The third-order valence-electron chi connectivity index (χ3n) is 5.84. The number of terminal acetylenes is 1. The fourth-order valence-corrected chi connectivity index (χ4v) is 4.98. The number of para-hydroxylation sites is 1. The average Bonchev–Trinajstić information content (AvgIpc) is 2.87. The summed E-state index contributed by atoms with van der Waals surface area (Å²) in [4.78, 5) is 18.5. The molecule has 0 atom stereocenters. The van der Waals surface area contributed by atoms with Crippen LogP contribution in [-0.2, 0) is 0 Å². The maximum Gasteiger partial charge on any atom is 0.282 e. The fraction of sp³-hybridized carbons (Fsp3) is 0.207. The summed E-state index contributed by atoms with van der Waals surface area (Å²) in [6.45, 7) is 6.19. The van der Waals surface area contributed by atoms with Crippen molar-refractivity contribution >= 4 is 44.6 Å². The second-order valence-electron chi connectivity index (χ2n) is 8.68. The van der Waals surface area contributed by atoms with E-state index in [4.69, 9.17) is 32.5 Å². The van der Waals surface area contributed by atoms with Crippen molar-refractivity contribution in [1.82, 2.24) is 9.66 Å². The van der Waals surface area contributed by atoms with Crippen LogP contribution in [0.4, 0.5) is 0 Å². The number of nitrogens with zero attached hydrogens (tertiary/aromatic N) is 3. The van der Waals surface area contributed by atoms with Crippen molar-refractivity contribution in [3.05, 3.63) is 85.1 Å². The van der Waals surface area contributed by atoms with Crippen LogP contribution in [-0.4, -0.2) is 29.6 Å². The Kier molecular flexibility index (Phi) is 8.01. The Hall–Kier alpha value is -3.60. The number of ether oxygens (including phenoxy) is 2. The van der Waals surface area contributed by atoms with Crippen molar-refractivity contribution in [2.45, 2.75) is 26.7 Å². The maximum atomic E-state index is 13.7. The first-order valence-corrected chi connectivity index (χ1v) is 12.7. The summed E-state index contributed by atoms with van der Waals surface area (Å²) in [5.41, 5.74) is 3.51. The Morgan fingerprint density at radius 3 is 2.70 bits per heavy atom. The van der Waals surface area contributed by atoms with E-state index in [1.165, 1.54) is 10.9 Å². The Morgan fingerprint density at radius 2 is 2.00 bits per heavy atom. The van der Waals surface area contributed by atoms with Crippen LogP contribution in [0, 0.1) is 19.3 Å². The van der Waals surface area contributed by atoms with Gasteiger partial charge in [-0.15, -0.1) is 6.42 Å². The molecule has 0 saturated heterocycles. The predicted molar refractivity (Wildman–Crippen MR) is 153 cm³/mol. The molecule has 4 aromatic rings. The molecule has 0 aliphatic carbocycles. The number of rotatable bonds is 7. The van der Waals surface area contributed by atoms with Gasteiger partial charge < -0.3 is 9.47 Å². The number of fused-ring (bicyclic) bond motifs is 1. The van der Waals surface area contributed by atoms with E-state index < -0.39 is 0 Å². The highest BCUT2D eigenvalue weighted by Gasteiger charge is 2.18. The first-order chi connectivity index (χ1) is 17.7. The molecule has 8 heteroatoms. The van der Waals surface area contributed by atoms with E-state index in [9.17, 15) is 4.79 Å². The average molecular weight is 579 g/mol. The summed E-state index contributed by atoms with van der Waals surface area (Å²) in [6.07, 6.45) is 6.90. The Balaban J connectivity index is 1.99. The van der Waals surface area contributed by atoms with E-state index in [-0.39, 0.29) is 18.1 Å². The van der Waals surface area contributed by atoms with Crippen molar-refractivity contribution in [2.24, 2.45) is 5.10 Å². The lowest BCUT2D eigenvalue weighted by Gasteiger charge is -2.17. The molecule has 0 saturated carbocycles. The van der Waals surface area contributed by atoms with Gasteiger partial charge in [0.2, 0.25) is 0 Å². The third kappa shape index (κ3) is 5.41. The summed E-state index contributed by atoms with van der Waals surface area (Å²) >= 11 is 9.76. The van der Waals surface area contributed by atoms with Gasteiger partial charge in [-0.1, -0.05) is 43.5 Å². The SMILES string of the molecule is C#CCOc1c(Br)cc(Cl)cc1C=Nn1c(-c2cc(C(C)C)c(OC)cc2C)nc2ccccc2c1=O. The van der Waals surface area contributed by atoms with Crippen LogP contribution >= 0.6 is 27.5 Å². The number of hydrogen-bond donors (Lipinski definition) is 0. The van der Waals surface area contributed by atoms with Crippen LogP contribution in [0.3, 0.4) is 0 Å². The summed E-state index contributed by atoms with van der Waals surface area (Å²) in [5, 5.41) is 5.51. The molecular formula is C29H25BrClN3O3. The smallest absolute Gasteiger partial charge is 0.282 e. The lowest BCUT2D eigenvalue weighted by molar-refractivity contribution is 0.367. The molecule has 0 fully saturated rings. The van der Waals surface area contributed by atoms with Crippen LogP contribution in [0.25, 0.3) is 22.3 Å². The van der Waals surface area contributed by atoms with Crippen LogP contribution in [0.15, 0.2) is 62.9 Å². The molecule has 3 aromatic carbocycles. The molecule has 0 spiro atoms. The van der Waals surface area contributed by atoms with Crippen molar-refractivity contribution in [3.63, 3.8) is 0 Å². The van der Waals surface area contributed by atoms with E-state index in [1.807, 2.05) is 31.2 Å². The lowest BCUT2D eigenvalue weighted by Crippen LogP contribution is -2.21. The normalized spacial score (nSPS) is 11.3. The Bertz CT molecular complexity index is 1620. The standard InChI is InChI=1S/C29H25BrClN3O3/c1-6-11-37-27-19(13-20(31)14-24(27)30)16-32-34-28(33-25-10-8-7-9-21(25)29(34)35)23-15-22(17(2)3)26(36-5)12-18(23)4/h1,7-10,12-17H,11H2,2-5H3. The summed E-state index contributed by atoms with van der Waals surface area (Å²) in [6, 6.07) is 14.6. The van der Waals surface area contributed by atoms with Crippen molar-refractivity contribution in [3.8, 4) is 35.2 Å². The molecule has 1 aromatic heterocycles. The zero-order valence-corrected chi connectivity index (χ0v) is 23.2. The number of aryl methyl sites for hydroxylation is 1.